The van der Waals surface area contributed by atoms with Gasteiger partial charge in [-0.15, -0.1) is 0 Å². The van der Waals surface area contributed by atoms with Gasteiger partial charge in [-0.2, -0.15) is 0 Å². The third kappa shape index (κ3) is 8.78. The number of rotatable bonds is 16. The summed E-state index contributed by atoms with van der Waals surface area (Å²) >= 11 is 1.99. The molecule has 7 unspecified atom stereocenters. The first-order chi connectivity index (χ1) is 15.8. The summed E-state index contributed by atoms with van der Waals surface area (Å²) in [6, 6.07) is 2.03. The first-order valence-corrected chi connectivity index (χ1v) is 14.5. The Balaban J connectivity index is 3.35. The van der Waals surface area contributed by atoms with Crippen molar-refractivity contribution in [3.8, 4) is 6.07 Å². The number of phosphoric ester groups is 1. The zero-order chi connectivity index (χ0) is 26.1. The molecule has 7 atom stereocenters. The molecule has 0 saturated carbocycles. The summed E-state index contributed by atoms with van der Waals surface area (Å²) in [5.41, 5.74) is -0.794. The van der Waals surface area contributed by atoms with E-state index in [-0.39, 0.29) is 31.5 Å². The Labute approximate surface area is 216 Å². The van der Waals surface area contributed by atoms with Crippen molar-refractivity contribution in [3.63, 3.8) is 0 Å². The molecule has 0 radical (unpaired) electrons. The van der Waals surface area contributed by atoms with Crippen LogP contribution in [0.3, 0.4) is 0 Å². The van der Waals surface area contributed by atoms with Crippen molar-refractivity contribution < 1.29 is 44.9 Å². The van der Waals surface area contributed by atoms with E-state index in [1.54, 1.807) is 0 Å². The monoisotopic (exact) mass is 539 g/mol. The van der Waals surface area contributed by atoms with Gasteiger partial charge in [0.2, 0.25) is 0 Å². The van der Waals surface area contributed by atoms with E-state index < -0.39 is 25.6 Å². The van der Waals surface area contributed by atoms with Crippen LogP contribution in [-0.2, 0) is 44.9 Å². The van der Waals surface area contributed by atoms with Crippen LogP contribution in [0.25, 0.3) is 0 Å². The van der Waals surface area contributed by atoms with Gasteiger partial charge < -0.3 is 0 Å². The maximum absolute atomic E-state index is 14.2. The van der Waals surface area contributed by atoms with Crippen molar-refractivity contribution in [1.82, 2.24) is 0 Å². The van der Waals surface area contributed by atoms with Crippen LogP contribution in [0.5, 0.6) is 0 Å². The Morgan fingerprint density at radius 1 is 1.12 bits per heavy atom. The molecule has 1 aliphatic rings. The fourth-order valence-electron chi connectivity index (χ4n) is 4.48. The number of nitriles is 1. The molecule has 0 amide bonds. The van der Waals surface area contributed by atoms with Crippen molar-refractivity contribution in [2.75, 3.05) is 19.8 Å². The molecule has 34 heavy (non-hydrogen) atoms. The van der Waals surface area contributed by atoms with Crippen LogP contribution in [0.15, 0.2) is 3.95 Å². The average Bonchev–Trinajstić information content (AvgIpc) is 3.21. The molecule has 0 spiro atoms. The number of hydrogen-bond donors (Lipinski definition) is 0. The second kappa shape index (κ2) is 14.6. The van der Waals surface area contributed by atoms with E-state index in [4.69, 9.17) is 28.4 Å². The molecule has 0 aromatic rings. The summed E-state index contributed by atoms with van der Waals surface area (Å²) in [6.07, 6.45) is -0.338. The Kier molecular flexibility index (Phi) is 13.7. The maximum atomic E-state index is 14.2. The fraction of sp³-hybridized carbons (Fsp3) is 0.958. The molecule has 0 aromatic heterocycles. The Morgan fingerprint density at radius 3 is 2.15 bits per heavy atom. The Bertz CT molecular complexity index is 696. The van der Waals surface area contributed by atoms with Crippen LogP contribution in [0.1, 0.15) is 75.2 Å². The molecule has 1 aliphatic heterocycles. The van der Waals surface area contributed by atoms with Crippen molar-refractivity contribution in [2.24, 2.45) is 39.5 Å². The van der Waals surface area contributed by atoms with Gasteiger partial charge in [0.05, 0.1) is 0 Å². The first kappa shape index (κ1) is 31.9. The minimum absolute atomic E-state index is 0.0391. The van der Waals surface area contributed by atoms with Gasteiger partial charge >= 0.3 is 189 Å². The molecule has 0 aromatic carbocycles. The molecule has 0 N–H and O–H groups in total. The zero-order valence-electron chi connectivity index (χ0n) is 22.4. The molecule has 0 aliphatic carbocycles. The summed E-state index contributed by atoms with van der Waals surface area (Å²) in [6.45, 7) is 20.1. The van der Waals surface area contributed by atoms with E-state index in [9.17, 15) is 4.57 Å². The van der Waals surface area contributed by atoms with Crippen LogP contribution in [0.2, 0.25) is 0 Å². The molecule has 1 saturated heterocycles. The van der Waals surface area contributed by atoms with Crippen molar-refractivity contribution in [2.45, 2.75) is 93.0 Å². The summed E-state index contributed by atoms with van der Waals surface area (Å²) in [4.78, 5) is 5.13. The summed E-state index contributed by atoms with van der Waals surface area (Å²) < 4.78 is 41.8. The number of phosphoric acid groups is 1. The van der Waals surface area contributed by atoms with Gasteiger partial charge in [0, 0.05) is 0 Å². The molecule has 1 rings (SSSR count). The van der Waals surface area contributed by atoms with Gasteiger partial charge in [0.1, 0.15) is 0 Å². The van der Waals surface area contributed by atoms with E-state index in [1.807, 2.05) is 30.2 Å². The second-order valence-corrected chi connectivity index (χ2v) is 12.3. The second-order valence-electron chi connectivity index (χ2n) is 10.5. The molecule has 8 nitrogen and oxygen atoms in total. The van der Waals surface area contributed by atoms with Gasteiger partial charge in [0.15, 0.2) is 0 Å². The average molecular weight is 540 g/mol. The van der Waals surface area contributed by atoms with Crippen LogP contribution < -0.4 is 0 Å². The number of nitrogens with zero attached hydrogens (tertiary/aromatic N) is 2. The van der Waals surface area contributed by atoms with Gasteiger partial charge in [-0.05, 0) is 0 Å². The first-order valence-electron chi connectivity index (χ1n) is 12.4. The van der Waals surface area contributed by atoms with Gasteiger partial charge in [0.25, 0.3) is 0 Å². The van der Waals surface area contributed by atoms with Gasteiger partial charge in [-0.1, -0.05) is 27.7 Å². The van der Waals surface area contributed by atoms with E-state index in [0.29, 0.717) is 36.7 Å². The molecule has 10 heteroatoms. The van der Waals surface area contributed by atoms with Gasteiger partial charge in [-0.25, -0.2) is 0 Å². The van der Waals surface area contributed by atoms with E-state index in [1.165, 1.54) is 0 Å². The SMILES string of the molecule is CC(C)C(C)C(C)C(C)(OP(=O)(OCCC#N)OC1CCOC1CO[N]=[V])C(C)C(C)C(C)C. The minimum Gasteiger partial charge on any atom is -0.0625 e. The van der Waals surface area contributed by atoms with E-state index in [2.05, 4.69) is 59.3 Å². The van der Waals surface area contributed by atoms with Crippen molar-refractivity contribution in [1.29, 1.82) is 5.26 Å². The quantitative estimate of drug-likeness (QED) is 0.126. The van der Waals surface area contributed by atoms with Gasteiger partial charge in [-0.3, -0.25) is 0 Å². The number of hydrogen-bond acceptors (Lipinski definition) is 8. The molecule has 0 bridgehead atoms. The molecule has 197 valence electrons. The fourth-order valence-corrected chi connectivity index (χ4v) is 6.44. The standard InChI is InChI=1S/C24H45N2O6P.V/c1-16(2)18(5)20(7)24(9,21(8)19(6)17(3)4)32-33(27,30-13-10-12-25)31-22-11-14-28-23(22)15-29-26;/h16-23H,10-11,13-15H2,1-9H3;. The van der Waals surface area contributed by atoms with Crippen LogP contribution >= 0.6 is 7.82 Å². The molecule has 1 heterocycles. The predicted octanol–water partition coefficient (Wildman–Crippen LogP) is 6.49. The van der Waals surface area contributed by atoms with Crippen molar-refractivity contribution in [3.05, 3.63) is 0 Å². The van der Waals surface area contributed by atoms with Crippen LogP contribution in [0, 0.1) is 46.8 Å². The molecule has 1 fully saturated rings. The summed E-state index contributed by atoms with van der Waals surface area (Å²) in [7, 11) is -4.06. The van der Waals surface area contributed by atoms with E-state index in [0.717, 1.165) is 0 Å². The summed E-state index contributed by atoms with van der Waals surface area (Å²) in [5, 5.41) is 9.01. The predicted molar refractivity (Wildman–Crippen MR) is 127 cm³/mol. The number of ether oxygens (including phenoxy) is 1. The van der Waals surface area contributed by atoms with Crippen molar-refractivity contribution >= 4 is 7.82 Å². The summed E-state index contributed by atoms with van der Waals surface area (Å²) in [5.74, 6) is 1.58. The smallest absolute Gasteiger partial charge is 0.0625 e. The minimum atomic E-state index is -4.06. The third-order valence-corrected chi connectivity index (χ3v) is 9.80. The Morgan fingerprint density at radius 2 is 1.68 bits per heavy atom. The molecular formula is C24H45N2O6PV. The normalized spacial score (nSPS) is 25.8. The zero-order valence-corrected chi connectivity index (χ0v) is 24.7. The molecular weight excluding hydrogens is 494 g/mol. The topological polar surface area (TPSA) is 99.4 Å². The van der Waals surface area contributed by atoms with Crippen LogP contribution in [-0.4, -0.2) is 37.6 Å². The van der Waals surface area contributed by atoms with E-state index >= 15 is 0 Å². The van der Waals surface area contributed by atoms with Crippen LogP contribution in [0.4, 0.5) is 0 Å². The Hall–Kier alpha value is -0.0956. The third-order valence-electron chi connectivity index (χ3n) is 7.97.